The molecule has 9 heteroatoms. The van der Waals surface area contributed by atoms with Crippen molar-refractivity contribution in [2.24, 2.45) is 0 Å². The first kappa shape index (κ1) is 18.5. The molecule has 134 valence electrons. The Balaban J connectivity index is 1.59. The molecule has 0 spiro atoms. The van der Waals surface area contributed by atoms with Crippen LogP contribution in [0.25, 0.3) is 11.3 Å². The van der Waals surface area contributed by atoms with Crippen molar-refractivity contribution in [1.82, 2.24) is 15.2 Å². The van der Waals surface area contributed by atoms with Gasteiger partial charge in [-0.05, 0) is 24.3 Å². The third kappa shape index (κ3) is 4.67. The van der Waals surface area contributed by atoms with E-state index in [1.807, 2.05) is 35.7 Å². The molecule has 0 aliphatic carbocycles. The van der Waals surface area contributed by atoms with Crippen molar-refractivity contribution in [3.8, 4) is 11.3 Å². The SMILES string of the molecule is O=C(Cc1nc(-c2ccccc2)cs1)NNS(=O)(=O)c1ccc(Cl)cc1. The van der Waals surface area contributed by atoms with Crippen LogP contribution in [0.2, 0.25) is 5.02 Å². The lowest BCUT2D eigenvalue weighted by atomic mass is 10.2. The fraction of sp³-hybridized carbons (Fsp3) is 0.0588. The van der Waals surface area contributed by atoms with Gasteiger partial charge in [0.25, 0.3) is 10.0 Å². The van der Waals surface area contributed by atoms with Crippen molar-refractivity contribution in [1.29, 1.82) is 0 Å². The number of thiazole rings is 1. The Morgan fingerprint density at radius 2 is 1.77 bits per heavy atom. The number of hydrazine groups is 1. The first-order valence-electron chi connectivity index (χ1n) is 7.50. The second kappa shape index (κ2) is 7.96. The molecule has 3 rings (SSSR count). The van der Waals surface area contributed by atoms with Crippen molar-refractivity contribution >= 4 is 38.9 Å². The van der Waals surface area contributed by atoms with Gasteiger partial charge >= 0.3 is 0 Å². The smallest absolute Gasteiger partial charge is 0.257 e. The molecule has 0 aliphatic heterocycles. The number of amides is 1. The molecular formula is C17H14ClN3O3S2. The minimum absolute atomic E-state index is 0.00260. The third-order valence-electron chi connectivity index (χ3n) is 3.38. The average Bonchev–Trinajstić information content (AvgIpc) is 3.10. The maximum atomic E-state index is 12.1. The molecule has 0 aliphatic rings. The molecule has 0 bridgehead atoms. The summed E-state index contributed by atoms with van der Waals surface area (Å²) in [4.78, 5) is 18.5. The number of hydrogen-bond donors (Lipinski definition) is 2. The highest BCUT2D eigenvalue weighted by molar-refractivity contribution is 7.89. The van der Waals surface area contributed by atoms with Gasteiger partial charge in [0, 0.05) is 16.0 Å². The summed E-state index contributed by atoms with van der Waals surface area (Å²) >= 11 is 7.08. The number of sulfonamides is 1. The van der Waals surface area contributed by atoms with Crippen molar-refractivity contribution in [3.05, 3.63) is 70.0 Å². The van der Waals surface area contributed by atoms with E-state index in [1.165, 1.54) is 35.6 Å². The third-order valence-corrected chi connectivity index (χ3v) is 5.75. The Kier molecular flexibility index (Phi) is 5.67. The van der Waals surface area contributed by atoms with E-state index in [0.717, 1.165) is 11.3 Å². The van der Waals surface area contributed by atoms with E-state index < -0.39 is 15.9 Å². The lowest BCUT2D eigenvalue weighted by Gasteiger charge is -2.07. The van der Waals surface area contributed by atoms with Crippen molar-refractivity contribution in [3.63, 3.8) is 0 Å². The molecule has 0 radical (unpaired) electrons. The van der Waals surface area contributed by atoms with E-state index >= 15 is 0 Å². The molecular weight excluding hydrogens is 394 g/mol. The molecule has 1 heterocycles. The number of benzene rings is 2. The van der Waals surface area contributed by atoms with Gasteiger partial charge in [-0.25, -0.2) is 13.4 Å². The minimum Gasteiger partial charge on any atom is -0.277 e. The second-order valence-electron chi connectivity index (χ2n) is 5.28. The molecule has 2 N–H and O–H groups in total. The van der Waals surface area contributed by atoms with Crippen LogP contribution in [0.15, 0.2) is 64.9 Å². The van der Waals surface area contributed by atoms with Gasteiger partial charge in [-0.15, -0.1) is 16.2 Å². The fourth-order valence-corrected chi connectivity index (χ4v) is 3.90. The predicted molar refractivity (Wildman–Crippen MR) is 101 cm³/mol. The van der Waals surface area contributed by atoms with Crippen molar-refractivity contribution < 1.29 is 13.2 Å². The molecule has 1 amide bonds. The zero-order valence-electron chi connectivity index (χ0n) is 13.3. The number of hydrogen-bond acceptors (Lipinski definition) is 5. The number of halogens is 1. The van der Waals surface area contributed by atoms with Crippen molar-refractivity contribution in [2.45, 2.75) is 11.3 Å². The van der Waals surface area contributed by atoms with E-state index in [-0.39, 0.29) is 11.3 Å². The van der Waals surface area contributed by atoms with Crippen LogP contribution in [0, 0.1) is 0 Å². The number of carbonyl (C=O) groups is 1. The molecule has 2 aromatic carbocycles. The largest absolute Gasteiger partial charge is 0.277 e. The predicted octanol–water partition coefficient (Wildman–Crippen LogP) is 3.02. The van der Waals surface area contributed by atoms with E-state index in [0.29, 0.717) is 10.0 Å². The Bertz CT molecular complexity index is 1000. The number of nitrogens with zero attached hydrogens (tertiary/aromatic N) is 1. The topological polar surface area (TPSA) is 88.2 Å². The Labute approximate surface area is 159 Å². The molecule has 0 atom stereocenters. The van der Waals surface area contributed by atoms with Crippen LogP contribution in [0.4, 0.5) is 0 Å². The highest BCUT2D eigenvalue weighted by Gasteiger charge is 2.16. The van der Waals surface area contributed by atoms with Crippen LogP contribution >= 0.6 is 22.9 Å². The first-order valence-corrected chi connectivity index (χ1v) is 10.2. The molecule has 0 saturated heterocycles. The molecule has 6 nitrogen and oxygen atoms in total. The fourth-order valence-electron chi connectivity index (χ4n) is 2.11. The summed E-state index contributed by atoms with van der Waals surface area (Å²) in [5.41, 5.74) is 3.93. The monoisotopic (exact) mass is 407 g/mol. The number of carbonyl (C=O) groups excluding carboxylic acids is 1. The zero-order valence-corrected chi connectivity index (χ0v) is 15.7. The molecule has 0 unspecified atom stereocenters. The average molecular weight is 408 g/mol. The van der Waals surface area contributed by atoms with Gasteiger partial charge in [0.05, 0.1) is 17.0 Å². The van der Waals surface area contributed by atoms with E-state index in [4.69, 9.17) is 11.6 Å². The number of rotatable bonds is 6. The zero-order chi connectivity index (χ0) is 18.6. The molecule has 1 aromatic heterocycles. The van der Waals surface area contributed by atoms with E-state index in [2.05, 4.69) is 15.2 Å². The van der Waals surface area contributed by atoms with Gasteiger partial charge in [-0.1, -0.05) is 41.9 Å². The van der Waals surface area contributed by atoms with Crippen LogP contribution in [0.1, 0.15) is 5.01 Å². The van der Waals surface area contributed by atoms with Crippen LogP contribution in [0.5, 0.6) is 0 Å². The van der Waals surface area contributed by atoms with Gasteiger partial charge in [0.15, 0.2) is 0 Å². The van der Waals surface area contributed by atoms with Crippen LogP contribution < -0.4 is 10.3 Å². The maximum absolute atomic E-state index is 12.1. The normalized spacial score (nSPS) is 11.3. The summed E-state index contributed by atoms with van der Waals surface area (Å²) in [6, 6.07) is 15.2. The second-order valence-corrected chi connectivity index (χ2v) is 8.34. The Hall–Kier alpha value is -2.26. The standard InChI is InChI=1S/C17H14ClN3O3S2/c18-13-6-8-14(9-7-13)26(23,24)21-20-16(22)10-17-19-15(11-25-17)12-4-2-1-3-5-12/h1-9,11,21H,10H2,(H,20,22). The highest BCUT2D eigenvalue weighted by atomic mass is 35.5. The lowest BCUT2D eigenvalue weighted by Crippen LogP contribution is -2.42. The van der Waals surface area contributed by atoms with E-state index in [1.54, 1.807) is 0 Å². The van der Waals surface area contributed by atoms with Gasteiger partial charge in [-0.2, -0.15) is 0 Å². The Morgan fingerprint density at radius 1 is 1.08 bits per heavy atom. The summed E-state index contributed by atoms with van der Waals surface area (Å²) < 4.78 is 24.2. The summed E-state index contributed by atoms with van der Waals surface area (Å²) in [7, 11) is -3.86. The summed E-state index contributed by atoms with van der Waals surface area (Å²) in [6.07, 6.45) is -0.0271. The number of nitrogens with one attached hydrogen (secondary N) is 2. The van der Waals surface area contributed by atoms with Gasteiger partial charge in [0.2, 0.25) is 5.91 Å². The molecule has 0 fully saturated rings. The summed E-state index contributed by atoms with van der Waals surface area (Å²) in [5, 5.41) is 2.87. The summed E-state index contributed by atoms with van der Waals surface area (Å²) in [6.45, 7) is 0. The van der Waals surface area contributed by atoms with Crippen LogP contribution in [0.3, 0.4) is 0 Å². The summed E-state index contributed by atoms with van der Waals surface area (Å²) in [5.74, 6) is -0.503. The van der Waals surface area contributed by atoms with Crippen molar-refractivity contribution in [2.75, 3.05) is 0 Å². The Morgan fingerprint density at radius 3 is 2.46 bits per heavy atom. The van der Waals surface area contributed by atoms with Gasteiger partial charge < -0.3 is 0 Å². The first-order chi connectivity index (χ1) is 12.4. The molecule has 3 aromatic rings. The maximum Gasteiger partial charge on any atom is 0.257 e. The molecule has 0 saturated carbocycles. The highest BCUT2D eigenvalue weighted by Crippen LogP contribution is 2.21. The molecule has 26 heavy (non-hydrogen) atoms. The van der Waals surface area contributed by atoms with Gasteiger partial charge in [0.1, 0.15) is 5.01 Å². The lowest BCUT2D eigenvalue weighted by molar-refractivity contribution is -0.120. The van der Waals surface area contributed by atoms with Gasteiger partial charge in [-0.3, -0.25) is 10.2 Å². The van der Waals surface area contributed by atoms with E-state index in [9.17, 15) is 13.2 Å². The minimum atomic E-state index is -3.86. The van der Waals surface area contributed by atoms with Crippen LogP contribution in [-0.2, 0) is 21.2 Å². The quantitative estimate of drug-likeness (QED) is 0.615. The number of aromatic nitrogens is 1. The van der Waals surface area contributed by atoms with Crippen LogP contribution in [-0.4, -0.2) is 19.3 Å².